The molecule has 0 spiro atoms. The third-order valence-electron chi connectivity index (χ3n) is 3.03. The molecule has 7 heteroatoms. The van der Waals surface area contributed by atoms with Crippen molar-refractivity contribution in [3.8, 4) is 0 Å². The van der Waals surface area contributed by atoms with Crippen molar-refractivity contribution in [1.82, 2.24) is 4.90 Å². The number of carbonyl (C=O) groups is 1. The maximum absolute atomic E-state index is 12.2. The summed E-state index contributed by atoms with van der Waals surface area (Å²) in [5.74, 6) is -0.275. The van der Waals surface area contributed by atoms with Crippen molar-refractivity contribution in [3.63, 3.8) is 0 Å². The summed E-state index contributed by atoms with van der Waals surface area (Å²) in [4.78, 5) is 13.8. The summed E-state index contributed by atoms with van der Waals surface area (Å²) in [5.41, 5.74) is 6.82. The fourth-order valence-corrected chi connectivity index (χ4v) is 2.53. The van der Waals surface area contributed by atoms with E-state index in [0.29, 0.717) is 13.1 Å². The van der Waals surface area contributed by atoms with Crippen LogP contribution in [0.3, 0.4) is 0 Å². The third-order valence-corrected chi connectivity index (χ3v) is 4.00. The summed E-state index contributed by atoms with van der Waals surface area (Å²) in [5, 5.41) is 0. The fourth-order valence-electron chi connectivity index (χ4n) is 1.85. The minimum Gasteiger partial charge on any atom is -0.337 e. The van der Waals surface area contributed by atoms with Crippen LogP contribution in [0.4, 0.5) is 0 Å². The number of halogens is 1. The van der Waals surface area contributed by atoms with Gasteiger partial charge in [-0.2, -0.15) is 0 Å². The standard InChI is InChI=1S/C14H22N2O3S.ClH/c1-3-16(11-12-7-5-4-6-8-12)14(17)13(15)9-10-20(2,18)19;/h4-8,13H,3,9-11,15H2,1-2H3;1H. The largest absolute Gasteiger partial charge is 0.337 e. The molecule has 0 aromatic heterocycles. The van der Waals surface area contributed by atoms with Gasteiger partial charge in [0.15, 0.2) is 0 Å². The van der Waals surface area contributed by atoms with Gasteiger partial charge in [-0.1, -0.05) is 30.3 Å². The monoisotopic (exact) mass is 334 g/mol. The Morgan fingerprint density at radius 1 is 1.29 bits per heavy atom. The van der Waals surface area contributed by atoms with Gasteiger partial charge in [0.25, 0.3) is 0 Å². The second kappa shape index (κ2) is 9.02. The van der Waals surface area contributed by atoms with Gasteiger partial charge in [0.1, 0.15) is 9.84 Å². The molecule has 1 aromatic carbocycles. The highest BCUT2D eigenvalue weighted by Gasteiger charge is 2.21. The Morgan fingerprint density at radius 3 is 2.33 bits per heavy atom. The summed E-state index contributed by atoms with van der Waals surface area (Å²) in [7, 11) is -3.09. The number of benzene rings is 1. The van der Waals surface area contributed by atoms with Gasteiger partial charge in [-0.3, -0.25) is 4.79 Å². The molecule has 1 unspecified atom stereocenters. The van der Waals surface area contributed by atoms with Crippen LogP contribution in [0.5, 0.6) is 0 Å². The van der Waals surface area contributed by atoms with Crippen LogP contribution in [0.25, 0.3) is 0 Å². The van der Waals surface area contributed by atoms with Crippen molar-refractivity contribution in [1.29, 1.82) is 0 Å². The smallest absolute Gasteiger partial charge is 0.239 e. The molecule has 0 heterocycles. The van der Waals surface area contributed by atoms with E-state index in [1.54, 1.807) is 4.90 Å². The van der Waals surface area contributed by atoms with Crippen molar-refractivity contribution < 1.29 is 13.2 Å². The van der Waals surface area contributed by atoms with Crippen molar-refractivity contribution in [3.05, 3.63) is 35.9 Å². The number of sulfone groups is 1. The van der Waals surface area contributed by atoms with E-state index >= 15 is 0 Å². The number of hydrogen-bond acceptors (Lipinski definition) is 4. The van der Waals surface area contributed by atoms with Crippen LogP contribution < -0.4 is 5.73 Å². The second-order valence-corrected chi connectivity index (χ2v) is 7.12. The summed E-state index contributed by atoms with van der Waals surface area (Å²) in [6, 6.07) is 8.86. The number of carbonyl (C=O) groups excluding carboxylic acids is 1. The van der Waals surface area contributed by atoms with E-state index < -0.39 is 15.9 Å². The molecule has 0 saturated heterocycles. The lowest BCUT2D eigenvalue weighted by Crippen LogP contribution is -2.44. The number of rotatable bonds is 7. The van der Waals surface area contributed by atoms with Crippen LogP contribution in [0.2, 0.25) is 0 Å². The average Bonchev–Trinajstić information content (AvgIpc) is 2.41. The Labute approximate surface area is 132 Å². The lowest BCUT2D eigenvalue weighted by atomic mass is 10.1. The van der Waals surface area contributed by atoms with Crippen LogP contribution in [0.15, 0.2) is 30.3 Å². The molecule has 120 valence electrons. The average molecular weight is 335 g/mol. The number of amides is 1. The summed E-state index contributed by atoms with van der Waals surface area (Å²) in [6.45, 7) is 2.91. The van der Waals surface area contributed by atoms with Gasteiger partial charge in [-0.15, -0.1) is 12.4 Å². The SMILES string of the molecule is CCN(Cc1ccccc1)C(=O)C(N)CCS(C)(=O)=O.Cl. The first-order chi connectivity index (χ1) is 9.33. The van der Waals surface area contributed by atoms with Gasteiger partial charge in [0, 0.05) is 19.3 Å². The van der Waals surface area contributed by atoms with E-state index in [1.165, 1.54) is 0 Å². The molecule has 0 bridgehead atoms. The minimum atomic E-state index is -3.09. The van der Waals surface area contributed by atoms with Crippen LogP contribution >= 0.6 is 12.4 Å². The Balaban J connectivity index is 0.00000400. The number of nitrogens with zero attached hydrogens (tertiary/aromatic N) is 1. The molecule has 2 N–H and O–H groups in total. The number of likely N-dealkylation sites (N-methyl/N-ethyl adjacent to an activating group) is 1. The summed E-state index contributed by atoms with van der Waals surface area (Å²) < 4.78 is 22.2. The molecule has 0 saturated carbocycles. The molecule has 21 heavy (non-hydrogen) atoms. The van der Waals surface area contributed by atoms with E-state index in [1.807, 2.05) is 37.3 Å². The Kier molecular flexibility index (Phi) is 8.54. The maximum atomic E-state index is 12.2. The highest BCUT2D eigenvalue weighted by atomic mass is 35.5. The predicted molar refractivity (Wildman–Crippen MR) is 87.1 cm³/mol. The van der Waals surface area contributed by atoms with Crippen molar-refractivity contribution in [2.45, 2.75) is 25.9 Å². The van der Waals surface area contributed by atoms with E-state index in [2.05, 4.69) is 0 Å². The highest BCUT2D eigenvalue weighted by Crippen LogP contribution is 2.07. The molecule has 0 aliphatic carbocycles. The predicted octanol–water partition coefficient (Wildman–Crippen LogP) is 1.22. The van der Waals surface area contributed by atoms with Crippen molar-refractivity contribution in [2.75, 3.05) is 18.6 Å². The van der Waals surface area contributed by atoms with Gasteiger partial charge in [-0.05, 0) is 18.9 Å². The first-order valence-corrected chi connectivity index (χ1v) is 8.65. The van der Waals surface area contributed by atoms with Crippen LogP contribution in [0.1, 0.15) is 18.9 Å². The first kappa shape index (κ1) is 19.9. The highest BCUT2D eigenvalue weighted by molar-refractivity contribution is 7.90. The van der Waals surface area contributed by atoms with Gasteiger partial charge >= 0.3 is 0 Å². The fraction of sp³-hybridized carbons (Fsp3) is 0.500. The van der Waals surface area contributed by atoms with Gasteiger partial charge < -0.3 is 10.6 Å². The molecule has 5 nitrogen and oxygen atoms in total. The van der Waals surface area contributed by atoms with E-state index in [9.17, 15) is 13.2 Å². The van der Waals surface area contributed by atoms with E-state index in [4.69, 9.17) is 5.73 Å². The topological polar surface area (TPSA) is 80.5 Å². The van der Waals surface area contributed by atoms with Crippen LogP contribution in [0, 0.1) is 0 Å². The van der Waals surface area contributed by atoms with Gasteiger partial charge in [0.2, 0.25) is 5.91 Å². The zero-order valence-electron chi connectivity index (χ0n) is 12.4. The molecule has 0 aliphatic heterocycles. The first-order valence-electron chi connectivity index (χ1n) is 6.59. The summed E-state index contributed by atoms with van der Waals surface area (Å²) >= 11 is 0. The zero-order valence-corrected chi connectivity index (χ0v) is 14.0. The lowest BCUT2D eigenvalue weighted by molar-refractivity contribution is -0.133. The second-order valence-electron chi connectivity index (χ2n) is 4.86. The Bertz CT molecular complexity index is 534. The molecule has 0 fully saturated rings. The van der Waals surface area contributed by atoms with Crippen molar-refractivity contribution in [2.24, 2.45) is 5.73 Å². The summed E-state index contributed by atoms with van der Waals surface area (Å²) in [6.07, 6.45) is 1.30. The van der Waals surface area contributed by atoms with E-state index in [0.717, 1.165) is 11.8 Å². The zero-order chi connectivity index (χ0) is 15.2. The molecule has 1 atom stereocenters. The minimum absolute atomic E-state index is 0. The molecule has 0 aliphatic rings. The van der Waals surface area contributed by atoms with Gasteiger partial charge in [0.05, 0.1) is 11.8 Å². The Hall–Kier alpha value is -1.11. The normalized spacial score (nSPS) is 12.3. The number of hydrogen-bond donors (Lipinski definition) is 1. The van der Waals surface area contributed by atoms with Crippen LogP contribution in [-0.2, 0) is 21.2 Å². The quantitative estimate of drug-likeness (QED) is 0.813. The molecule has 1 rings (SSSR count). The molecule has 0 radical (unpaired) electrons. The molecular formula is C14H23ClN2O3S. The number of nitrogens with two attached hydrogens (primary N) is 1. The Morgan fingerprint density at radius 2 is 1.86 bits per heavy atom. The van der Waals surface area contributed by atoms with Crippen LogP contribution in [-0.4, -0.2) is 43.8 Å². The molecule has 1 aromatic rings. The molecular weight excluding hydrogens is 312 g/mol. The van der Waals surface area contributed by atoms with Gasteiger partial charge in [-0.25, -0.2) is 8.42 Å². The van der Waals surface area contributed by atoms with Crippen molar-refractivity contribution >= 4 is 28.2 Å². The lowest BCUT2D eigenvalue weighted by Gasteiger charge is -2.24. The maximum Gasteiger partial charge on any atom is 0.239 e. The molecule has 1 amide bonds. The van der Waals surface area contributed by atoms with E-state index in [-0.39, 0.29) is 30.5 Å². The third kappa shape index (κ3) is 7.45.